The second-order valence-electron chi connectivity index (χ2n) is 6.26. The number of rotatable bonds is 4. The fourth-order valence-corrected chi connectivity index (χ4v) is 3.26. The van der Waals surface area contributed by atoms with E-state index in [1.54, 1.807) is 24.7 Å². The lowest BCUT2D eigenvalue weighted by molar-refractivity contribution is 0.628. The first-order valence-corrected chi connectivity index (χ1v) is 9.12. The lowest BCUT2D eigenvalue weighted by atomic mass is 10.1. The summed E-state index contributed by atoms with van der Waals surface area (Å²) in [7, 11) is 0. The zero-order valence-corrected chi connectivity index (χ0v) is 15.7. The first-order chi connectivity index (χ1) is 13.6. The molecule has 1 aromatic carbocycles. The molecule has 0 fully saturated rings. The number of halogens is 2. The molecule has 4 rings (SSSR count). The third-order valence-electron chi connectivity index (χ3n) is 4.52. The van der Waals surface area contributed by atoms with Crippen molar-refractivity contribution >= 4 is 33.9 Å². The Kier molecular flexibility index (Phi) is 4.79. The topological polar surface area (TPSA) is 70.7 Å². The van der Waals surface area contributed by atoms with E-state index in [1.807, 2.05) is 19.1 Å². The molecule has 3 heterocycles. The summed E-state index contributed by atoms with van der Waals surface area (Å²) < 4.78 is 13.5. The van der Waals surface area contributed by atoms with Crippen LogP contribution in [-0.4, -0.2) is 15.0 Å². The molecule has 0 atom stereocenters. The summed E-state index contributed by atoms with van der Waals surface area (Å²) in [6, 6.07) is 9.67. The van der Waals surface area contributed by atoms with Crippen LogP contribution in [0.5, 0.6) is 0 Å². The molecule has 4 aromatic rings. The molecule has 0 saturated carbocycles. The maximum atomic E-state index is 13.5. The first kappa shape index (κ1) is 18.1. The van der Waals surface area contributed by atoms with Crippen LogP contribution in [0.15, 0.2) is 59.8 Å². The van der Waals surface area contributed by atoms with Crippen LogP contribution in [-0.2, 0) is 6.42 Å². The van der Waals surface area contributed by atoms with Gasteiger partial charge in [0.1, 0.15) is 5.82 Å². The monoisotopic (exact) mass is 394 g/mol. The van der Waals surface area contributed by atoms with Crippen molar-refractivity contribution in [2.24, 2.45) is 0 Å². The van der Waals surface area contributed by atoms with Gasteiger partial charge >= 0.3 is 0 Å². The standard InChI is InChI=1S/C21H16ClFN4O/c1-2-17-20(26-19-6-8-25-18-5-7-24-11-14(18)19)10-13(21(28)27-17)12-3-4-16(23)15(22)9-12/h3-11H,2H2,1H3,(H,25,26)(H,27,28). The van der Waals surface area contributed by atoms with Crippen LogP contribution in [0.4, 0.5) is 15.8 Å². The molecule has 0 amide bonds. The van der Waals surface area contributed by atoms with Gasteiger partial charge in [-0.3, -0.25) is 14.8 Å². The average molecular weight is 395 g/mol. The number of hydrogen-bond donors (Lipinski definition) is 2. The van der Waals surface area contributed by atoms with Crippen molar-refractivity contribution in [3.8, 4) is 11.1 Å². The van der Waals surface area contributed by atoms with Crippen molar-refractivity contribution in [1.82, 2.24) is 15.0 Å². The molecule has 0 unspecified atom stereocenters. The lowest BCUT2D eigenvalue weighted by Gasteiger charge is -2.14. The fourth-order valence-electron chi connectivity index (χ4n) is 3.08. The Labute approximate surface area is 165 Å². The van der Waals surface area contributed by atoms with E-state index in [0.29, 0.717) is 17.5 Å². The Morgan fingerprint density at radius 2 is 2.00 bits per heavy atom. The summed E-state index contributed by atoms with van der Waals surface area (Å²) in [6.07, 6.45) is 5.77. The number of aryl methyl sites for hydroxylation is 1. The minimum atomic E-state index is -0.527. The van der Waals surface area contributed by atoms with Gasteiger partial charge in [-0.2, -0.15) is 0 Å². The van der Waals surface area contributed by atoms with Gasteiger partial charge < -0.3 is 10.3 Å². The van der Waals surface area contributed by atoms with E-state index >= 15 is 0 Å². The highest BCUT2D eigenvalue weighted by Gasteiger charge is 2.12. The summed E-state index contributed by atoms with van der Waals surface area (Å²) in [4.78, 5) is 24.0. The highest BCUT2D eigenvalue weighted by Crippen LogP contribution is 2.29. The lowest BCUT2D eigenvalue weighted by Crippen LogP contribution is -2.13. The van der Waals surface area contributed by atoms with Gasteiger partial charge in [-0.15, -0.1) is 0 Å². The average Bonchev–Trinajstić information content (AvgIpc) is 2.71. The van der Waals surface area contributed by atoms with Crippen LogP contribution < -0.4 is 10.9 Å². The molecule has 28 heavy (non-hydrogen) atoms. The van der Waals surface area contributed by atoms with Gasteiger partial charge in [0.25, 0.3) is 5.56 Å². The zero-order chi connectivity index (χ0) is 19.7. The van der Waals surface area contributed by atoms with Crippen molar-refractivity contribution in [3.63, 3.8) is 0 Å². The number of nitrogens with zero attached hydrogens (tertiary/aromatic N) is 2. The van der Waals surface area contributed by atoms with E-state index in [1.165, 1.54) is 18.2 Å². The minimum Gasteiger partial charge on any atom is -0.353 e. The van der Waals surface area contributed by atoms with Gasteiger partial charge in [-0.1, -0.05) is 24.6 Å². The minimum absolute atomic E-state index is 0.0304. The molecule has 0 bridgehead atoms. The van der Waals surface area contributed by atoms with Crippen molar-refractivity contribution in [1.29, 1.82) is 0 Å². The van der Waals surface area contributed by atoms with Crippen LogP contribution in [0.3, 0.4) is 0 Å². The number of aromatic nitrogens is 3. The van der Waals surface area contributed by atoms with Crippen LogP contribution in [0, 0.1) is 5.82 Å². The summed E-state index contributed by atoms with van der Waals surface area (Å²) in [6.45, 7) is 1.96. The molecule has 3 aromatic heterocycles. The molecular weight excluding hydrogens is 379 g/mol. The third kappa shape index (κ3) is 3.34. The highest BCUT2D eigenvalue weighted by molar-refractivity contribution is 6.31. The van der Waals surface area contributed by atoms with Crippen molar-refractivity contribution < 1.29 is 4.39 Å². The van der Waals surface area contributed by atoms with Gasteiger partial charge in [0.05, 0.1) is 21.9 Å². The number of benzene rings is 1. The normalized spacial score (nSPS) is 11.0. The number of nitrogens with one attached hydrogen (secondary N) is 2. The molecule has 0 saturated heterocycles. The van der Waals surface area contributed by atoms with E-state index in [0.717, 1.165) is 28.0 Å². The molecule has 0 aliphatic heterocycles. The molecule has 0 spiro atoms. The summed E-state index contributed by atoms with van der Waals surface area (Å²) in [5, 5.41) is 4.21. The van der Waals surface area contributed by atoms with Crippen molar-refractivity contribution in [2.75, 3.05) is 5.32 Å². The molecule has 7 heteroatoms. The molecule has 0 aliphatic carbocycles. The summed E-state index contributed by atoms with van der Waals surface area (Å²) >= 11 is 5.89. The second-order valence-corrected chi connectivity index (χ2v) is 6.67. The van der Waals surface area contributed by atoms with Crippen LogP contribution in [0.2, 0.25) is 5.02 Å². The molecule has 0 radical (unpaired) electrons. The SMILES string of the molecule is CCc1[nH]c(=O)c(-c2ccc(F)c(Cl)c2)cc1Nc1ccnc2ccncc12. The predicted molar refractivity (Wildman–Crippen MR) is 110 cm³/mol. The third-order valence-corrected chi connectivity index (χ3v) is 4.81. The summed E-state index contributed by atoms with van der Waals surface area (Å²) in [5.74, 6) is -0.527. The molecule has 0 aliphatic rings. The van der Waals surface area contributed by atoms with Gasteiger partial charge in [0, 0.05) is 35.2 Å². The number of fused-ring (bicyclic) bond motifs is 1. The van der Waals surface area contributed by atoms with Crippen LogP contribution in [0.25, 0.3) is 22.0 Å². The van der Waals surface area contributed by atoms with Crippen LogP contribution in [0.1, 0.15) is 12.6 Å². The van der Waals surface area contributed by atoms with Crippen LogP contribution >= 0.6 is 11.6 Å². The Morgan fingerprint density at radius 1 is 1.14 bits per heavy atom. The quantitative estimate of drug-likeness (QED) is 0.506. The number of anilines is 2. The molecule has 5 nitrogen and oxygen atoms in total. The van der Waals surface area contributed by atoms with E-state index < -0.39 is 5.82 Å². The van der Waals surface area contributed by atoms with E-state index in [2.05, 4.69) is 20.3 Å². The van der Waals surface area contributed by atoms with E-state index in [-0.39, 0.29) is 10.6 Å². The predicted octanol–water partition coefficient (Wildman–Crippen LogP) is 5.08. The molecular formula is C21H16ClFN4O. The fraction of sp³-hybridized carbons (Fsp3) is 0.0952. The first-order valence-electron chi connectivity index (χ1n) is 8.74. The molecule has 140 valence electrons. The van der Waals surface area contributed by atoms with Gasteiger partial charge in [-0.25, -0.2) is 4.39 Å². The maximum absolute atomic E-state index is 13.5. The largest absolute Gasteiger partial charge is 0.353 e. The van der Waals surface area contributed by atoms with E-state index in [9.17, 15) is 9.18 Å². The van der Waals surface area contributed by atoms with E-state index in [4.69, 9.17) is 11.6 Å². The Balaban J connectivity index is 1.84. The number of aromatic amines is 1. The van der Waals surface area contributed by atoms with Crippen molar-refractivity contribution in [3.05, 3.63) is 81.9 Å². The Morgan fingerprint density at radius 3 is 2.79 bits per heavy atom. The number of hydrogen-bond acceptors (Lipinski definition) is 4. The van der Waals surface area contributed by atoms with Crippen molar-refractivity contribution in [2.45, 2.75) is 13.3 Å². The summed E-state index contributed by atoms with van der Waals surface area (Å²) in [5.41, 5.74) is 3.82. The van der Waals surface area contributed by atoms with Gasteiger partial charge in [0.15, 0.2) is 0 Å². The Bertz CT molecular complexity index is 1230. The number of pyridine rings is 3. The maximum Gasteiger partial charge on any atom is 0.256 e. The zero-order valence-electron chi connectivity index (χ0n) is 15.0. The van der Waals surface area contributed by atoms with Gasteiger partial charge in [0.2, 0.25) is 0 Å². The highest BCUT2D eigenvalue weighted by atomic mass is 35.5. The molecule has 2 N–H and O–H groups in total. The Hall–Kier alpha value is -3.25. The van der Waals surface area contributed by atoms with Gasteiger partial charge in [-0.05, 0) is 42.3 Å². The number of H-pyrrole nitrogens is 1. The smallest absolute Gasteiger partial charge is 0.256 e. The second kappa shape index (κ2) is 7.40.